The third-order valence-electron chi connectivity index (χ3n) is 2.93. The highest BCUT2D eigenvalue weighted by Gasteiger charge is 2.15. The highest BCUT2D eigenvalue weighted by atomic mass is 79.9. The summed E-state index contributed by atoms with van der Waals surface area (Å²) in [4.78, 5) is 8.05. The monoisotopic (exact) mass is 315 g/mol. The van der Waals surface area contributed by atoms with E-state index in [2.05, 4.69) is 50.8 Å². The van der Waals surface area contributed by atoms with Gasteiger partial charge in [0.1, 0.15) is 0 Å². The minimum absolute atomic E-state index is 0.846. The number of fused-ring (bicyclic) bond motifs is 1. The van der Waals surface area contributed by atoms with Crippen molar-refractivity contribution in [2.24, 2.45) is 0 Å². The van der Waals surface area contributed by atoms with Crippen molar-refractivity contribution in [1.82, 2.24) is 9.38 Å². The second kappa shape index (κ2) is 5.87. The molecule has 0 aliphatic heterocycles. The van der Waals surface area contributed by atoms with Crippen LogP contribution in [-0.4, -0.2) is 23.0 Å². The van der Waals surface area contributed by atoms with E-state index in [0.29, 0.717) is 0 Å². The van der Waals surface area contributed by atoms with Gasteiger partial charge in [0.2, 0.25) is 0 Å². The molecule has 0 unspecified atom stereocenters. The molecule has 2 heterocycles. The first-order chi connectivity index (χ1) is 8.27. The minimum atomic E-state index is 0.846. The summed E-state index contributed by atoms with van der Waals surface area (Å²) < 4.78 is 2.17. The Labute approximate surface area is 115 Å². The summed E-state index contributed by atoms with van der Waals surface area (Å²) in [7, 11) is 2.13. The molecule has 0 fully saturated rings. The summed E-state index contributed by atoms with van der Waals surface area (Å²) in [5.74, 6) is 1.12. The van der Waals surface area contributed by atoms with Gasteiger partial charge in [0.05, 0.1) is 5.69 Å². The van der Waals surface area contributed by atoms with Gasteiger partial charge in [-0.25, -0.2) is 4.98 Å². The SMILES string of the molecule is CCCCCN(C)c1nc2sccn2c1CBr. The molecule has 0 amide bonds. The van der Waals surface area contributed by atoms with Crippen molar-refractivity contribution >= 4 is 38.0 Å². The van der Waals surface area contributed by atoms with Crippen LogP contribution in [0.1, 0.15) is 31.9 Å². The maximum Gasteiger partial charge on any atom is 0.195 e. The van der Waals surface area contributed by atoms with Gasteiger partial charge >= 0.3 is 0 Å². The van der Waals surface area contributed by atoms with Gasteiger partial charge < -0.3 is 4.90 Å². The number of imidazole rings is 1. The van der Waals surface area contributed by atoms with Crippen LogP contribution in [0.4, 0.5) is 5.82 Å². The molecule has 0 N–H and O–H groups in total. The van der Waals surface area contributed by atoms with E-state index in [1.807, 2.05) is 0 Å². The van der Waals surface area contributed by atoms with Gasteiger partial charge in [0.25, 0.3) is 0 Å². The average molecular weight is 316 g/mol. The Balaban J connectivity index is 2.18. The zero-order chi connectivity index (χ0) is 12.3. The maximum atomic E-state index is 4.70. The molecule has 17 heavy (non-hydrogen) atoms. The Bertz CT molecular complexity index is 477. The Morgan fingerprint density at radius 2 is 2.29 bits per heavy atom. The molecule has 0 atom stereocenters. The van der Waals surface area contributed by atoms with Gasteiger partial charge in [-0.05, 0) is 6.42 Å². The zero-order valence-electron chi connectivity index (χ0n) is 10.3. The topological polar surface area (TPSA) is 20.5 Å². The Hall–Kier alpha value is -0.550. The molecule has 0 spiro atoms. The smallest absolute Gasteiger partial charge is 0.195 e. The van der Waals surface area contributed by atoms with Crippen LogP contribution in [0.2, 0.25) is 0 Å². The first-order valence-corrected chi connectivity index (χ1v) is 7.99. The molecule has 0 radical (unpaired) electrons. The fourth-order valence-corrected chi connectivity index (χ4v) is 3.20. The zero-order valence-corrected chi connectivity index (χ0v) is 12.7. The fraction of sp³-hybridized carbons (Fsp3) is 0.583. The Morgan fingerprint density at radius 1 is 1.47 bits per heavy atom. The molecule has 0 aromatic carbocycles. The number of hydrogen-bond donors (Lipinski definition) is 0. The van der Waals surface area contributed by atoms with Gasteiger partial charge in [-0.15, -0.1) is 11.3 Å². The largest absolute Gasteiger partial charge is 0.358 e. The van der Waals surface area contributed by atoms with E-state index in [1.54, 1.807) is 11.3 Å². The van der Waals surface area contributed by atoms with Crippen molar-refractivity contribution < 1.29 is 0 Å². The molecule has 0 saturated heterocycles. The number of halogens is 1. The summed E-state index contributed by atoms with van der Waals surface area (Å²) in [5.41, 5.74) is 1.25. The average Bonchev–Trinajstić information content (AvgIpc) is 2.88. The van der Waals surface area contributed by atoms with Crippen molar-refractivity contribution in [3.8, 4) is 0 Å². The predicted molar refractivity (Wildman–Crippen MR) is 78.5 cm³/mol. The first-order valence-electron chi connectivity index (χ1n) is 5.99. The predicted octanol–water partition coefficient (Wildman–Crippen LogP) is 3.92. The number of alkyl halides is 1. The molecule has 0 bridgehead atoms. The van der Waals surface area contributed by atoms with Gasteiger partial charge in [-0.2, -0.15) is 0 Å². The standard InChI is InChI=1S/C12H18BrN3S/c1-3-4-5-6-15(2)11-10(9-13)16-7-8-17-12(16)14-11/h7-8H,3-6,9H2,1-2H3. The molecule has 5 heteroatoms. The van der Waals surface area contributed by atoms with Crippen LogP contribution in [0.5, 0.6) is 0 Å². The van der Waals surface area contributed by atoms with E-state index < -0.39 is 0 Å². The maximum absolute atomic E-state index is 4.70. The lowest BCUT2D eigenvalue weighted by Gasteiger charge is -2.17. The third-order valence-corrected chi connectivity index (χ3v) is 4.21. The number of anilines is 1. The lowest BCUT2D eigenvalue weighted by atomic mass is 10.2. The van der Waals surface area contributed by atoms with Gasteiger partial charge in [-0.1, -0.05) is 35.7 Å². The molecular formula is C12H18BrN3S. The molecule has 0 aliphatic rings. The van der Waals surface area contributed by atoms with E-state index >= 15 is 0 Å². The summed E-state index contributed by atoms with van der Waals surface area (Å²) >= 11 is 5.25. The normalized spacial score (nSPS) is 11.2. The second-order valence-electron chi connectivity index (χ2n) is 4.20. The number of thiazole rings is 1. The first kappa shape index (κ1) is 12.9. The molecule has 2 aromatic rings. The van der Waals surface area contributed by atoms with Gasteiger partial charge in [0, 0.05) is 30.5 Å². The highest BCUT2D eigenvalue weighted by molar-refractivity contribution is 9.08. The lowest BCUT2D eigenvalue weighted by molar-refractivity contribution is 0.701. The third kappa shape index (κ3) is 2.65. The van der Waals surface area contributed by atoms with Crippen LogP contribution >= 0.6 is 27.3 Å². The van der Waals surface area contributed by atoms with Crippen LogP contribution in [0, 0.1) is 0 Å². The van der Waals surface area contributed by atoms with E-state index in [9.17, 15) is 0 Å². The number of unbranched alkanes of at least 4 members (excludes halogenated alkanes) is 2. The van der Waals surface area contributed by atoms with Crippen LogP contribution < -0.4 is 4.90 Å². The van der Waals surface area contributed by atoms with Crippen molar-refractivity contribution in [3.63, 3.8) is 0 Å². The quantitative estimate of drug-likeness (QED) is 0.595. The molecule has 2 aromatic heterocycles. The van der Waals surface area contributed by atoms with Crippen LogP contribution in [0.15, 0.2) is 11.6 Å². The van der Waals surface area contributed by atoms with Crippen molar-refractivity contribution in [2.45, 2.75) is 31.5 Å². The van der Waals surface area contributed by atoms with Crippen LogP contribution in [0.3, 0.4) is 0 Å². The Morgan fingerprint density at radius 3 is 3.00 bits per heavy atom. The minimum Gasteiger partial charge on any atom is -0.358 e. The van der Waals surface area contributed by atoms with Gasteiger partial charge in [0.15, 0.2) is 10.8 Å². The van der Waals surface area contributed by atoms with E-state index in [4.69, 9.17) is 4.98 Å². The van der Waals surface area contributed by atoms with E-state index in [1.165, 1.54) is 25.0 Å². The number of aromatic nitrogens is 2. The summed E-state index contributed by atoms with van der Waals surface area (Å²) in [6.45, 7) is 3.31. The van der Waals surface area contributed by atoms with E-state index in [-0.39, 0.29) is 0 Å². The van der Waals surface area contributed by atoms with Crippen molar-refractivity contribution in [2.75, 3.05) is 18.5 Å². The molecule has 2 rings (SSSR count). The molecule has 0 saturated carbocycles. The molecule has 94 valence electrons. The summed E-state index contributed by atoms with van der Waals surface area (Å²) in [5, 5.41) is 2.92. The van der Waals surface area contributed by atoms with Crippen molar-refractivity contribution in [1.29, 1.82) is 0 Å². The fourth-order valence-electron chi connectivity index (χ4n) is 1.96. The number of hydrogen-bond acceptors (Lipinski definition) is 3. The molecular weight excluding hydrogens is 298 g/mol. The Kier molecular flexibility index (Phi) is 4.45. The van der Waals surface area contributed by atoms with Crippen LogP contribution in [-0.2, 0) is 5.33 Å². The van der Waals surface area contributed by atoms with E-state index in [0.717, 1.165) is 22.7 Å². The molecule has 0 aliphatic carbocycles. The number of rotatable bonds is 6. The number of nitrogens with zero attached hydrogens (tertiary/aromatic N) is 3. The summed E-state index contributed by atoms with van der Waals surface area (Å²) in [6, 6.07) is 0. The second-order valence-corrected chi connectivity index (χ2v) is 5.63. The lowest BCUT2D eigenvalue weighted by Crippen LogP contribution is -2.20. The van der Waals surface area contributed by atoms with Crippen molar-refractivity contribution in [3.05, 3.63) is 17.3 Å². The van der Waals surface area contributed by atoms with Crippen LogP contribution in [0.25, 0.3) is 4.96 Å². The van der Waals surface area contributed by atoms with Gasteiger partial charge in [-0.3, -0.25) is 4.40 Å². The summed E-state index contributed by atoms with van der Waals surface area (Å²) in [6.07, 6.45) is 5.88. The molecule has 3 nitrogen and oxygen atoms in total. The highest BCUT2D eigenvalue weighted by Crippen LogP contribution is 2.25.